The summed E-state index contributed by atoms with van der Waals surface area (Å²) in [6.45, 7) is 4.73. The van der Waals surface area contributed by atoms with Gasteiger partial charge in [0, 0.05) is 24.2 Å². The van der Waals surface area contributed by atoms with Gasteiger partial charge < -0.3 is 5.73 Å². The summed E-state index contributed by atoms with van der Waals surface area (Å²) in [6, 6.07) is 2.89. The summed E-state index contributed by atoms with van der Waals surface area (Å²) in [4.78, 5) is 2.79. The molecule has 0 bridgehead atoms. The average molecular weight is 210 g/mol. The van der Waals surface area contributed by atoms with E-state index >= 15 is 0 Å². The zero-order valence-corrected chi connectivity index (χ0v) is 10.3. The first-order valence-electron chi connectivity index (χ1n) is 6.75. The first kappa shape index (κ1) is 11.4. The molecule has 2 fully saturated rings. The molecule has 1 saturated carbocycles. The Morgan fingerprint density at radius 1 is 1.20 bits per heavy atom. The van der Waals surface area contributed by atoms with E-state index in [0.717, 1.165) is 18.1 Å². The van der Waals surface area contributed by atoms with Crippen molar-refractivity contribution in [3.63, 3.8) is 0 Å². The molecule has 0 amide bonds. The van der Waals surface area contributed by atoms with Crippen LogP contribution in [0, 0.1) is 0 Å². The highest BCUT2D eigenvalue weighted by Crippen LogP contribution is 2.33. The lowest BCUT2D eigenvalue weighted by atomic mass is 9.89. The Bertz CT molecular complexity index is 205. The minimum atomic E-state index is 0.467. The largest absolute Gasteiger partial charge is 0.328 e. The molecule has 1 aliphatic carbocycles. The number of hydrogen-bond acceptors (Lipinski definition) is 2. The maximum Gasteiger partial charge on any atom is 0.0116 e. The summed E-state index contributed by atoms with van der Waals surface area (Å²) in [7, 11) is 0. The maximum absolute atomic E-state index is 6.10. The zero-order chi connectivity index (χ0) is 10.8. The third-order valence-electron chi connectivity index (χ3n) is 4.43. The van der Waals surface area contributed by atoms with Crippen molar-refractivity contribution in [1.82, 2.24) is 4.90 Å². The molecule has 2 aliphatic rings. The summed E-state index contributed by atoms with van der Waals surface area (Å²) in [5.74, 6) is 0. The van der Waals surface area contributed by atoms with Crippen LogP contribution in [0.5, 0.6) is 0 Å². The number of rotatable bonds is 2. The summed E-state index contributed by atoms with van der Waals surface area (Å²) in [5.41, 5.74) is 6.10. The fourth-order valence-corrected chi connectivity index (χ4v) is 3.64. The monoisotopic (exact) mass is 210 g/mol. The summed E-state index contributed by atoms with van der Waals surface area (Å²) < 4.78 is 0. The highest BCUT2D eigenvalue weighted by molar-refractivity contribution is 4.92. The van der Waals surface area contributed by atoms with Gasteiger partial charge in [0.2, 0.25) is 0 Å². The quantitative estimate of drug-likeness (QED) is 0.759. The molecular formula is C13H26N2. The molecule has 0 radical (unpaired) electrons. The summed E-state index contributed by atoms with van der Waals surface area (Å²) in [6.07, 6.45) is 9.32. The SMILES string of the molecule is CCC1CCC(C)N1C1CCCC(N)C1. The van der Waals surface area contributed by atoms with Gasteiger partial charge in [0.15, 0.2) is 0 Å². The Balaban J connectivity index is 2.00. The van der Waals surface area contributed by atoms with Gasteiger partial charge in [0.25, 0.3) is 0 Å². The van der Waals surface area contributed by atoms with Crippen LogP contribution < -0.4 is 5.73 Å². The van der Waals surface area contributed by atoms with E-state index in [1.54, 1.807) is 0 Å². The second kappa shape index (κ2) is 4.84. The smallest absolute Gasteiger partial charge is 0.0116 e. The predicted molar refractivity (Wildman–Crippen MR) is 64.8 cm³/mol. The number of nitrogens with zero attached hydrogens (tertiary/aromatic N) is 1. The van der Waals surface area contributed by atoms with Crippen LogP contribution in [0.25, 0.3) is 0 Å². The van der Waals surface area contributed by atoms with Crippen LogP contribution in [0.3, 0.4) is 0 Å². The Hall–Kier alpha value is -0.0800. The van der Waals surface area contributed by atoms with E-state index in [1.807, 2.05) is 0 Å². The van der Waals surface area contributed by atoms with Crippen molar-refractivity contribution in [1.29, 1.82) is 0 Å². The van der Waals surface area contributed by atoms with Gasteiger partial charge in [-0.25, -0.2) is 0 Å². The zero-order valence-electron chi connectivity index (χ0n) is 10.3. The second-order valence-corrected chi connectivity index (χ2v) is 5.52. The molecule has 88 valence electrons. The van der Waals surface area contributed by atoms with Gasteiger partial charge in [-0.3, -0.25) is 4.90 Å². The Kier molecular flexibility index (Phi) is 3.68. The van der Waals surface area contributed by atoms with E-state index < -0.39 is 0 Å². The number of likely N-dealkylation sites (tertiary alicyclic amines) is 1. The highest BCUT2D eigenvalue weighted by Gasteiger charge is 2.36. The van der Waals surface area contributed by atoms with Crippen LogP contribution in [0.1, 0.15) is 58.8 Å². The summed E-state index contributed by atoms with van der Waals surface area (Å²) >= 11 is 0. The fourth-order valence-electron chi connectivity index (χ4n) is 3.64. The van der Waals surface area contributed by atoms with Crippen molar-refractivity contribution in [2.24, 2.45) is 5.73 Å². The normalized spacial score (nSPS) is 43.4. The molecule has 2 heteroatoms. The lowest BCUT2D eigenvalue weighted by Crippen LogP contribution is -2.47. The van der Waals surface area contributed by atoms with Crippen LogP contribution in [0.15, 0.2) is 0 Å². The van der Waals surface area contributed by atoms with Gasteiger partial charge in [-0.15, -0.1) is 0 Å². The van der Waals surface area contributed by atoms with Gasteiger partial charge in [-0.05, 0) is 45.4 Å². The first-order valence-corrected chi connectivity index (χ1v) is 6.75. The van der Waals surface area contributed by atoms with Crippen molar-refractivity contribution < 1.29 is 0 Å². The standard InChI is InChI=1S/C13H26N2/c1-3-12-8-7-10(2)15(12)13-6-4-5-11(14)9-13/h10-13H,3-9,14H2,1-2H3. The molecule has 0 spiro atoms. The molecule has 2 nitrogen and oxygen atoms in total. The molecule has 15 heavy (non-hydrogen) atoms. The van der Waals surface area contributed by atoms with E-state index in [2.05, 4.69) is 18.7 Å². The minimum Gasteiger partial charge on any atom is -0.328 e. The molecule has 0 aromatic rings. The van der Waals surface area contributed by atoms with Crippen molar-refractivity contribution in [3.05, 3.63) is 0 Å². The minimum absolute atomic E-state index is 0.467. The van der Waals surface area contributed by atoms with Gasteiger partial charge in [-0.1, -0.05) is 13.3 Å². The van der Waals surface area contributed by atoms with Gasteiger partial charge in [0.1, 0.15) is 0 Å². The topological polar surface area (TPSA) is 29.3 Å². The molecule has 2 rings (SSSR count). The molecule has 1 aliphatic heterocycles. The third kappa shape index (κ3) is 2.36. The van der Waals surface area contributed by atoms with Crippen LogP contribution in [0.4, 0.5) is 0 Å². The Morgan fingerprint density at radius 2 is 2.00 bits per heavy atom. The lowest BCUT2D eigenvalue weighted by Gasteiger charge is -2.40. The molecule has 0 aromatic heterocycles. The van der Waals surface area contributed by atoms with Crippen molar-refractivity contribution >= 4 is 0 Å². The van der Waals surface area contributed by atoms with Crippen LogP contribution in [-0.4, -0.2) is 29.1 Å². The molecule has 1 saturated heterocycles. The number of hydrogen-bond donors (Lipinski definition) is 1. The van der Waals surface area contributed by atoms with Crippen molar-refractivity contribution in [2.75, 3.05) is 0 Å². The Labute approximate surface area is 94.2 Å². The third-order valence-corrected chi connectivity index (χ3v) is 4.43. The molecule has 4 atom stereocenters. The number of nitrogens with two attached hydrogens (primary N) is 1. The highest BCUT2D eigenvalue weighted by atomic mass is 15.2. The molecule has 0 aromatic carbocycles. The van der Waals surface area contributed by atoms with Crippen molar-refractivity contribution in [3.8, 4) is 0 Å². The second-order valence-electron chi connectivity index (χ2n) is 5.52. The lowest BCUT2D eigenvalue weighted by molar-refractivity contribution is 0.0974. The maximum atomic E-state index is 6.10. The molecular weight excluding hydrogens is 184 g/mol. The van der Waals surface area contributed by atoms with Crippen LogP contribution in [0.2, 0.25) is 0 Å². The van der Waals surface area contributed by atoms with Gasteiger partial charge >= 0.3 is 0 Å². The van der Waals surface area contributed by atoms with Gasteiger partial charge in [0.05, 0.1) is 0 Å². The van der Waals surface area contributed by atoms with Gasteiger partial charge in [-0.2, -0.15) is 0 Å². The van der Waals surface area contributed by atoms with E-state index in [1.165, 1.54) is 44.9 Å². The Morgan fingerprint density at radius 3 is 2.67 bits per heavy atom. The average Bonchev–Trinajstić information content (AvgIpc) is 2.59. The molecule has 2 N–H and O–H groups in total. The predicted octanol–water partition coefficient (Wildman–Crippen LogP) is 2.52. The van der Waals surface area contributed by atoms with E-state index in [4.69, 9.17) is 5.73 Å². The van der Waals surface area contributed by atoms with Crippen LogP contribution in [-0.2, 0) is 0 Å². The molecule has 4 unspecified atom stereocenters. The first-order chi connectivity index (χ1) is 7.22. The fraction of sp³-hybridized carbons (Fsp3) is 1.00. The van der Waals surface area contributed by atoms with E-state index in [-0.39, 0.29) is 0 Å². The van der Waals surface area contributed by atoms with E-state index in [0.29, 0.717) is 6.04 Å². The van der Waals surface area contributed by atoms with Crippen LogP contribution >= 0.6 is 0 Å². The van der Waals surface area contributed by atoms with Crippen molar-refractivity contribution in [2.45, 2.75) is 83.0 Å². The summed E-state index contributed by atoms with van der Waals surface area (Å²) in [5, 5.41) is 0. The molecule has 1 heterocycles. The van der Waals surface area contributed by atoms with E-state index in [9.17, 15) is 0 Å².